The predicted molar refractivity (Wildman–Crippen MR) is 139 cm³/mol. The summed E-state index contributed by atoms with van der Waals surface area (Å²) in [7, 11) is 0. The summed E-state index contributed by atoms with van der Waals surface area (Å²) in [4.78, 5) is 0. The molecule has 5 rings (SSSR count). The van der Waals surface area contributed by atoms with Gasteiger partial charge in [0.15, 0.2) is 35.4 Å². The Morgan fingerprint density at radius 2 is 1.37 bits per heavy atom. The van der Waals surface area contributed by atoms with Crippen LogP contribution in [0.4, 0.5) is 0 Å². The molecule has 2 fully saturated rings. The SMILES string of the molecule is OC[C@H]1O[C@@H](O[C@H]2[C@H](OC3=C(c4ccc(O)c(O)c4)OC4C=C(O)C=C(O)C4=C3)O[C@H](CO)[C@@H](O)[C@@H]2O)[C@H](O)[C@@H](O)[C@@H]1O. The maximum atomic E-state index is 11.0. The molecule has 3 aliphatic heterocycles. The lowest BCUT2D eigenvalue weighted by Crippen LogP contribution is -2.64. The summed E-state index contributed by atoms with van der Waals surface area (Å²) in [5, 5.41) is 112. The lowest BCUT2D eigenvalue weighted by atomic mass is 9.96. The molecule has 0 spiro atoms. The maximum absolute atomic E-state index is 11.0. The molecule has 11 N–H and O–H groups in total. The molecule has 4 aliphatic rings. The van der Waals surface area contributed by atoms with Crippen LogP contribution in [0.3, 0.4) is 0 Å². The fourth-order valence-corrected chi connectivity index (χ4v) is 5.03. The van der Waals surface area contributed by atoms with Crippen molar-refractivity contribution in [3.05, 3.63) is 64.8 Å². The van der Waals surface area contributed by atoms with Gasteiger partial charge in [-0.05, 0) is 24.3 Å². The number of ether oxygens (including phenoxy) is 5. The Morgan fingerprint density at radius 3 is 2.02 bits per heavy atom. The summed E-state index contributed by atoms with van der Waals surface area (Å²) in [6, 6.07) is 3.65. The normalized spacial score (nSPS) is 37.9. The van der Waals surface area contributed by atoms with E-state index in [1.165, 1.54) is 18.2 Å². The van der Waals surface area contributed by atoms with Crippen LogP contribution in [0.2, 0.25) is 0 Å². The highest BCUT2D eigenvalue weighted by molar-refractivity contribution is 5.70. The molecular weight excluding hydrogens is 580 g/mol. The Labute approximate surface area is 243 Å². The van der Waals surface area contributed by atoms with Crippen LogP contribution in [-0.2, 0) is 23.7 Å². The minimum Gasteiger partial charge on any atom is -0.508 e. The fraction of sp³-hybridized carbons (Fsp3) is 0.481. The van der Waals surface area contributed by atoms with Crippen molar-refractivity contribution in [2.75, 3.05) is 13.2 Å². The fourth-order valence-electron chi connectivity index (χ4n) is 5.03. The summed E-state index contributed by atoms with van der Waals surface area (Å²) < 4.78 is 28.7. The third kappa shape index (κ3) is 5.89. The average molecular weight is 613 g/mol. The maximum Gasteiger partial charge on any atom is 0.229 e. The van der Waals surface area contributed by atoms with Gasteiger partial charge in [-0.15, -0.1) is 0 Å². The number of aromatic hydroxyl groups is 2. The predicted octanol–water partition coefficient (Wildman–Crippen LogP) is -2.37. The second-order valence-electron chi connectivity index (χ2n) is 10.3. The lowest BCUT2D eigenvalue weighted by molar-refractivity contribution is -0.363. The molecule has 1 aromatic carbocycles. The second kappa shape index (κ2) is 12.3. The molecule has 43 heavy (non-hydrogen) atoms. The van der Waals surface area contributed by atoms with Gasteiger partial charge >= 0.3 is 0 Å². The number of hydrogen-bond donors (Lipinski definition) is 11. The van der Waals surface area contributed by atoms with E-state index in [9.17, 15) is 56.2 Å². The van der Waals surface area contributed by atoms with E-state index in [4.69, 9.17) is 23.7 Å². The molecule has 3 heterocycles. The summed E-state index contributed by atoms with van der Waals surface area (Å²) in [5.74, 6) is -1.98. The largest absolute Gasteiger partial charge is 0.508 e. The number of benzene rings is 1. The van der Waals surface area contributed by atoms with E-state index in [2.05, 4.69) is 0 Å². The van der Waals surface area contributed by atoms with Crippen LogP contribution < -0.4 is 0 Å². The molecular formula is C27H32O16. The summed E-state index contributed by atoms with van der Waals surface area (Å²) >= 11 is 0. The second-order valence-corrected chi connectivity index (χ2v) is 10.3. The van der Waals surface area contributed by atoms with E-state index in [0.29, 0.717) is 0 Å². The standard InChI is InChI=1S/C27H32O16/c28-7-17-19(34)21(36)23(38)26(41-17)43-25-22(37)20(35)18(8-29)42-27(25)40-16-6-11-13(32)4-10(30)5-15(11)39-24(16)9-1-2-12(31)14(33)3-9/h1-6,15,17-23,25-38H,7-8H2/t15?,17-,18-,19-,20-,21+,22+,23-,25-,26+,27-/m1/s1. The number of fused-ring (bicyclic) bond motifs is 1. The first-order chi connectivity index (χ1) is 20.4. The minimum absolute atomic E-state index is 0.112. The van der Waals surface area contributed by atoms with Gasteiger partial charge in [-0.2, -0.15) is 0 Å². The van der Waals surface area contributed by atoms with Crippen molar-refractivity contribution in [1.82, 2.24) is 0 Å². The zero-order chi connectivity index (χ0) is 31.2. The first kappa shape index (κ1) is 31.0. The summed E-state index contributed by atoms with van der Waals surface area (Å²) in [5.41, 5.74) is 0.255. The molecule has 16 nitrogen and oxygen atoms in total. The van der Waals surface area contributed by atoms with Crippen molar-refractivity contribution in [1.29, 1.82) is 0 Å². The average Bonchev–Trinajstić information content (AvgIpc) is 2.98. The molecule has 1 aromatic rings. The zero-order valence-corrected chi connectivity index (χ0v) is 22.2. The Hall–Kier alpha value is -3.42. The zero-order valence-electron chi connectivity index (χ0n) is 22.2. The van der Waals surface area contributed by atoms with Gasteiger partial charge in [0.05, 0.1) is 13.2 Å². The van der Waals surface area contributed by atoms with Gasteiger partial charge in [0, 0.05) is 23.3 Å². The first-order valence-electron chi connectivity index (χ1n) is 13.1. The van der Waals surface area contributed by atoms with E-state index in [0.717, 1.165) is 18.2 Å². The molecule has 1 aliphatic carbocycles. The van der Waals surface area contributed by atoms with Gasteiger partial charge in [-0.1, -0.05) is 0 Å². The van der Waals surface area contributed by atoms with Gasteiger partial charge in [0.1, 0.15) is 60.4 Å². The molecule has 0 radical (unpaired) electrons. The molecule has 16 heteroatoms. The number of aliphatic hydroxyl groups excluding tert-OH is 9. The highest BCUT2D eigenvalue weighted by Crippen LogP contribution is 2.40. The number of rotatable bonds is 7. The van der Waals surface area contributed by atoms with Crippen LogP contribution in [0.25, 0.3) is 5.76 Å². The monoisotopic (exact) mass is 612 g/mol. The number of aliphatic hydroxyl groups is 9. The Morgan fingerprint density at radius 1 is 0.721 bits per heavy atom. The number of hydrogen-bond acceptors (Lipinski definition) is 16. The topological polar surface area (TPSA) is 269 Å². The molecule has 0 bridgehead atoms. The molecule has 1 unspecified atom stereocenters. The molecule has 11 atom stereocenters. The van der Waals surface area contributed by atoms with Crippen molar-refractivity contribution in [2.45, 2.75) is 67.5 Å². The van der Waals surface area contributed by atoms with E-state index in [1.54, 1.807) is 0 Å². The van der Waals surface area contributed by atoms with E-state index in [-0.39, 0.29) is 34.2 Å². The number of phenolic OH excluding ortho intramolecular Hbond substituents is 2. The molecule has 0 saturated carbocycles. The van der Waals surface area contributed by atoms with Crippen LogP contribution in [0, 0.1) is 0 Å². The highest BCUT2D eigenvalue weighted by Gasteiger charge is 2.51. The van der Waals surface area contributed by atoms with Crippen LogP contribution >= 0.6 is 0 Å². The third-order valence-electron chi connectivity index (χ3n) is 7.41. The molecule has 0 aromatic heterocycles. The summed E-state index contributed by atoms with van der Waals surface area (Å²) in [6.45, 7) is -1.55. The van der Waals surface area contributed by atoms with E-state index in [1.807, 2.05) is 0 Å². The third-order valence-corrected chi connectivity index (χ3v) is 7.41. The van der Waals surface area contributed by atoms with Gasteiger partial charge < -0.3 is 79.9 Å². The first-order valence-corrected chi connectivity index (χ1v) is 13.1. The van der Waals surface area contributed by atoms with E-state index >= 15 is 0 Å². The van der Waals surface area contributed by atoms with Crippen molar-refractivity contribution >= 4 is 5.76 Å². The molecule has 0 amide bonds. The Bertz CT molecular complexity index is 1320. The van der Waals surface area contributed by atoms with Crippen LogP contribution in [0.1, 0.15) is 5.56 Å². The molecule has 2 saturated heterocycles. The Kier molecular flexibility index (Phi) is 8.87. The minimum atomic E-state index is -1.89. The van der Waals surface area contributed by atoms with Crippen LogP contribution in [0.15, 0.2) is 59.3 Å². The van der Waals surface area contributed by atoms with Gasteiger partial charge in [-0.3, -0.25) is 0 Å². The van der Waals surface area contributed by atoms with Crippen LogP contribution in [-0.4, -0.2) is 137 Å². The number of allylic oxidation sites excluding steroid dienone is 2. The van der Waals surface area contributed by atoms with Crippen molar-refractivity contribution < 1.29 is 79.9 Å². The number of phenols is 2. The summed E-state index contributed by atoms with van der Waals surface area (Å²) in [6.07, 6.45) is -14.5. The van der Waals surface area contributed by atoms with Crippen LogP contribution in [0.5, 0.6) is 11.5 Å². The van der Waals surface area contributed by atoms with Crippen molar-refractivity contribution in [3.8, 4) is 11.5 Å². The quantitative estimate of drug-likeness (QED) is 0.144. The van der Waals surface area contributed by atoms with E-state index < -0.39 is 92.2 Å². The van der Waals surface area contributed by atoms with Gasteiger partial charge in [-0.25, -0.2) is 0 Å². The van der Waals surface area contributed by atoms with Crippen molar-refractivity contribution in [3.63, 3.8) is 0 Å². The molecule has 236 valence electrons. The Balaban J connectivity index is 1.53. The lowest BCUT2D eigenvalue weighted by Gasteiger charge is -2.46. The van der Waals surface area contributed by atoms with Gasteiger partial charge in [0.25, 0.3) is 0 Å². The van der Waals surface area contributed by atoms with Gasteiger partial charge in [0.2, 0.25) is 6.29 Å². The van der Waals surface area contributed by atoms with Crippen molar-refractivity contribution in [2.24, 2.45) is 0 Å². The smallest absolute Gasteiger partial charge is 0.229 e. The highest BCUT2D eigenvalue weighted by atomic mass is 16.8.